The number of aliphatic hydroxyl groups is 1. The van der Waals surface area contributed by atoms with Crippen molar-refractivity contribution in [2.45, 2.75) is 39.5 Å². The van der Waals surface area contributed by atoms with Gasteiger partial charge >= 0.3 is 6.61 Å². The summed E-state index contributed by atoms with van der Waals surface area (Å²) in [5.41, 5.74) is 0.590. The smallest absolute Gasteiger partial charge is 0.387 e. The van der Waals surface area contributed by atoms with Crippen molar-refractivity contribution in [1.29, 1.82) is 0 Å². The molecule has 1 aromatic heterocycles. The zero-order chi connectivity index (χ0) is 19.6. The molecule has 1 atom stereocenters. The Bertz CT molecular complexity index is 729. The van der Waals surface area contributed by atoms with E-state index in [-0.39, 0.29) is 36.3 Å². The van der Waals surface area contributed by atoms with E-state index in [0.29, 0.717) is 24.6 Å². The van der Waals surface area contributed by atoms with E-state index in [2.05, 4.69) is 32.3 Å². The summed E-state index contributed by atoms with van der Waals surface area (Å²) in [6, 6.07) is 5.90. The number of benzene rings is 1. The van der Waals surface area contributed by atoms with Crippen molar-refractivity contribution in [2.75, 3.05) is 13.1 Å². The largest absolute Gasteiger partial charge is 0.435 e. The fourth-order valence-electron chi connectivity index (χ4n) is 2.26. The van der Waals surface area contributed by atoms with Crippen LogP contribution in [0.5, 0.6) is 5.75 Å². The van der Waals surface area contributed by atoms with E-state index in [0.717, 1.165) is 11.4 Å². The van der Waals surface area contributed by atoms with Crippen molar-refractivity contribution in [1.82, 2.24) is 15.6 Å². The van der Waals surface area contributed by atoms with E-state index in [4.69, 9.17) is 0 Å². The Morgan fingerprint density at radius 1 is 1.25 bits per heavy atom. The molecule has 0 radical (unpaired) electrons. The number of halogens is 3. The first-order valence-corrected chi connectivity index (χ1v) is 9.52. The van der Waals surface area contributed by atoms with Gasteiger partial charge in [-0.05, 0) is 31.0 Å². The van der Waals surface area contributed by atoms with E-state index in [9.17, 15) is 13.9 Å². The third-order valence-electron chi connectivity index (χ3n) is 3.62. The molecule has 0 saturated carbocycles. The number of hydrogen-bond acceptors (Lipinski definition) is 5. The second-order valence-corrected chi connectivity index (χ2v) is 6.81. The predicted molar refractivity (Wildman–Crippen MR) is 118 cm³/mol. The van der Waals surface area contributed by atoms with Crippen molar-refractivity contribution in [3.63, 3.8) is 0 Å². The molecule has 0 fully saturated rings. The van der Waals surface area contributed by atoms with Crippen molar-refractivity contribution < 1.29 is 18.6 Å². The monoisotopic (exact) mass is 526 g/mol. The quantitative estimate of drug-likeness (QED) is 0.264. The van der Waals surface area contributed by atoms with Crippen LogP contribution in [0.2, 0.25) is 0 Å². The van der Waals surface area contributed by atoms with Gasteiger partial charge in [-0.1, -0.05) is 19.1 Å². The molecule has 1 heterocycles. The van der Waals surface area contributed by atoms with Gasteiger partial charge in [0.05, 0.1) is 12.6 Å². The Hall–Kier alpha value is -1.53. The van der Waals surface area contributed by atoms with Crippen LogP contribution in [0.4, 0.5) is 8.78 Å². The fourth-order valence-corrected chi connectivity index (χ4v) is 3.04. The summed E-state index contributed by atoms with van der Waals surface area (Å²) in [5, 5.41) is 17.4. The molecule has 3 N–H and O–H groups in total. The Balaban J connectivity index is 0.00000392. The second-order valence-electron chi connectivity index (χ2n) is 5.61. The van der Waals surface area contributed by atoms with Gasteiger partial charge in [-0.2, -0.15) is 8.78 Å². The standard InChI is InChI=1S/C18H24F2N4O2S.HI/c1-3-14-9-22-16(27-14)11-24-18(21-4-2)23-10-15(25)12-5-7-13(8-6-12)26-17(19)20;/h5-9,15,17,25H,3-4,10-11H2,1-2H3,(H2,21,23,24);1H. The van der Waals surface area contributed by atoms with Crippen molar-refractivity contribution in [3.05, 3.63) is 45.9 Å². The van der Waals surface area contributed by atoms with E-state index in [1.807, 2.05) is 13.1 Å². The maximum Gasteiger partial charge on any atom is 0.387 e. The molecule has 0 amide bonds. The Morgan fingerprint density at radius 3 is 2.54 bits per heavy atom. The maximum absolute atomic E-state index is 12.2. The third kappa shape index (κ3) is 8.23. The number of aryl methyl sites for hydroxylation is 1. The van der Waals surface area contributed by atoms with Gasteiger partial charge in [0.15, 0.2) is 5.96 Å². The normalized spacial score (nSPS) is 12.4. The minimum absolute atomic E-state index is 0. The third-order valence-corrected chi connectivity index (χ3v) is 4.75. The van der Waals surface area contributed by atoms with Gasteiger partial charge in [-0.25, -0.2) is 9.98 Å². The summed E-state index contributed by atoms with van der Waals surface area (Å²) in [6.45, 7) is 2.52. The van der Waals surface area contributed by atoms with Gasteiger partial charge in [0, 0.05) is 24.2 Å². The molecule has 1 aromatic carbocycles. The average molecular weight is 526 g/mol. The summed E-state index contributed by atoms with van der Waals surface area (Å²) < 4.78 is 28.6. The Labute approximate surface area is 184 Å². The summed E-state index contributed by atoms with van der Waals surface area (Å²) in [5.74, 6) is 0.626. The number of guanidine groups is 1. The van der Waals surface area contributed by atoms with Crippen LogP contribution in [-0.4, -0.2) is 35.8 Å². The number of ether oxygens (including phenoxy) is 1. The number of aromatic nitrogens is 1. The van der Waals surface area contributed by atoms with E-state index < -0.39 is 12.7 Å². The molecule has 156 valence electrons. The Kier molecular flexibility index (Phi) is 11.2. The summed E-state index contributed by atoms with van der Waals surface area (Å²) in [6.07, 6.45) is 2.00. The van der Waals surface area contributed by atoms with Gasteiger partial charge in [-0.3, -0.25) is 0 Å². The number of aliphatic hydroxyl groups excluding tert-OH is 1. The SMILES string of the molecule is CCNC(=NCc1ncc(CC)s1)NCC(O)c1ccc(OC(F)F)cc1.I. The van der Waals surface area contributed by atoms with Crippen LogP contribution in [0.1, 0.15) is 35.4 Å². The van der Waals surface area contributed by atoms with Crippen molar-refractivity contribution in [3.8, 4) is 5.75 Å². The van der Waals surface area contributed by atoms with Crippen LogP contribution in [0.15, 0.2) is 35.5 Å². The van der Waals surface area contributed by atoms with Crippen LogP contribution in [-0.2, 0) is 13.0 Å². The molecule has 6 nitrogen and oxygen atoms in total. The average Bonchev–Trinajstić information content (AvgIpc) is 3.12. The minimum atomic E-state index is -2.87. The highest BCUT2D eigenvalue weighted by Gasteiger charge is 2.10. The van der Waals surface area contributed by atoms with Gasteiger partial charge in [0.2, 0.25) is 0 Å². The first kappa shape index (κ1) is 24.5. The highest BCUT2D eigenvalue weighted by atomic mass is 127. The molecule has 0 spiro atoms. The topological polar surface area (TPSA) is 78.8 Å². The Morgan fingerprint density at radius 2 is 1.96 bits per heavy atom. The molecule has 2 aromatic rings. The molecule has 1 unspecified atom stereocenters. The summed E-state index contributed by atoms with van der Waals surface area (Å²) in [7, 11) is 0. The van der Waals surface area contributed by atoms with E-state index in [1.165, 1.54) is 17.0 Å². The predicted octanol–water partition coefficient (Wildman–Crippen LogP) is 3.71. The highest BCUT2D eigenvalue weighted by molar-refractivity contribution is 14.0. The fraction of sp³-hybridized carbons (Fsp3) is 0.444. The number of nitrogens with zero attached hydrogens (tertiary/aromatic N) is 2. The molecule has 2 rings (SSSR count). The molecule has 0 aliphatic heterocycles. The summed E-state index contributed by atoms with van der Waals surface area (Å²) >= 11 is 1.63. The first-order valence-electron chi connectivity index (χ1n) is 8.70. The first-order chi connectivity index (χ1) is 13.0. The van der Waals surface area contributed by atoms with Crippen molar-refractivity contribution >= 4 is 41.3 Å². The molecule has 10 heteroatoms. The zero-order valence-electron chi connectivity index (χ0n) is 15.7. The van der Waals surface area contributed by atoms with Gasteiger partial charge in [0.1, 0.15) is 10.8 Å². The molecule has 0 aliphatic rings. The zero-order valence-corrected chi connectivity index (χ0v) is 18.8. The lowest BCUT2D eigenvalue weighted by Gasteiger charge is -2.16. The second kappa shape index (κ2) is 12.8. The van der Waals surface area contributed by atoms with E-state index >= 15 is 0 Å². The number of alkyl halides is 2. The van der Waals surface area contributed by atoms with Gasteiger partial charge in [-0.15, -0.1) is 35.3 Å². The van der Waals surface area contributed by atoms with Crippen LogP contribution in [0, 0.1) is 0 Å². The molecular formula is C18H25F2IN4O2S. The molecule has 0 saturated heterocycles. The molecular weight excluding hydrogens is 501 g/mol. The lowest BCUT2D eigenvalue weighted by atomic mass is 10.1. The molecule has 0 aliphatic carbocycles. The minimum Gasteiger partial charge on any atom is -0.435 e. The molecule has 0 bridgehead atoms. The number of rotatable bonds is 9. The van der Waals surface area contributed by atoms with E-state index in [1.54, 1.807) is 23.5 Å². The highest BCUT2D eigenvalue weighted by Crippen LogP contribution is 2.19. The van der Waals surface area contributed by atoms with Gasteiger partial charge in [0.25, 0.3) is 0 Å². The lowest BCUT2D eigenvalue weighted by Crippen LogP contribution is -2.39. The maximum atomic E-state index is 12.2. The van der Waals surface area contributed by atoms with Crippen LogP contribution in [0.3, 0.4) is 0 Å². The number of hydrogen-bond donors (Lipinski definition) is 3. The number of thiazole rings is 1. The van der Waals surface area contributed by atoms with Crippen LogP contribution in [0.25, 0.3) is 0 Å². The van der Waals surface area contributed by atoms with Crippen LogP contribution < -0.4 is 15.4 Å². The number of nitrogens with one attached hydrogen (secondary N) is 2. The van der Waals surface area contributed by atoms with Crippen LogP contribution >= 0.6 is 35.3 Å². The summed E-state index contributed by atoms with van der Waals surface area (Å²) in [4.78, 5) is 10.0. The molecule has 28 heavy (non-hydrogen) atoms. The van der Waals surface area contributed by atoms with Crippen molar-refractivity contribution in [2.24, 2.45) is 4.99 Å². The number of aliphatic imine (C=N–C) groups is 1. The lowest BCUT2D eigenvalue weighted by molar-refractivity contribution is -0.0498. The van der Waals surface area contributed by atoms with Gasteiger partial charge < -0.3 is 20.5 Å².